The van der Waals surface area contributed by atoms with E-state index < -0.39 is 29.6 Å². The number of nitrogens with one attached hydrogen (secondary N) is 1. The molecule has 2 rings (SSSR count). The molecule has 1 fully saturated rings. The molecule has 1 aromatic carbocycles. The summed E-state index contributed by atoms with van der Waals surface area (Å²) in [4.78, 5) is 36.9. The van der Waals surface area contributed by atoms with Crippen molar-refractivity contribution in [2.75, 3.05) is 6.54 Å². The smallest absolute Gasteiger partial charge is 0.277 e. The minimum absolute atomic E-state index is 0.139. The summed E-state index contributed by atoms with van der Waals surface area (Å²) in [6.07, 6.45) is 6.01. The predicted molar refractivity (Wildman–Crippen MR) is 72.5 cm³/mol. The van der Waals surface area contributed by atoms with Crippen molar-refractivity contribution in [3.8, 4) is 12.3 Å². The van der Waals surface area contributed by atoms with Gasteiger partial charge in [-0.15, -0.1) is 12.3 Å². The van der Waals surface area contributed by atoms with Crippen LogP contribution in [0.2, 0.25) is 0 Å². The molecule has 1 saturated heterocycles. The van der Waals surface area contributed by atoms with E-state index in [4.69, 9.17) is 6.42 Å². The molecule has 0 saturated carbocycles. The van der Waals surface area contributed by atoms with Gasteiger partial charge >= 0.3 is 6.03 Å². The number of imide groups is 2. The summed E-state index contributed by atoms with van der Waals surface area (Å²) >= 11 is 0. The molecule has 1 N–H and O–H groups in total. The highest BCUT2D eigenvalue weighted by molar-refractivity contribution is 6.19. The molecule has 0 aromatic heterocycles. The Morgan fingerprint density at radius 3 is 2.52 bits per heavy atom. The van der Waals surface area contributed by atoms with Crippen molar-refractivity contribution in [1.29, 1.82) is 0 Å². The van der Waals surface area contributed by atoms with Gasteiger partial charge in [-0.2, -0.15) is 0 Å². The van der Waals surface area contributed by atoms with Crippen LogP contribution in [0.3, 0.4) is 0 Å². The average Bonchev–Trinajstić information content (AvgIpc) is 2.44. The van der Waals surface area contributed by atoms with Crippen molar-refractivity contribution in [3.05, 3.63) is 35.6 Å². The van der Waals surface area contributed by atoms with E-state index in [0.29, 0.717) is 18.4 Å². The van der Waals surface area contributed by atoms with Gasteiger partial charge in [0.1, 0.15) is 11.7 Å². The number of amides is 4. The highest BCUT2D eigenvalue weighted by Gasteiger charge is 2.40. The Labute approximate surface area is 121 Å². The van der Waals surface area contributed by atoms with Crippen molar-refractivity contribution in [3.63, 3.8) is 0 Å². The summed E-state index contributed by atoms with van der Waals surface area (Å²) in [5.41, 5.74) is 0.341. The Kier molecular flexibility index (Phi) is 4.33. The highest BCUT2D eigenvalue weighted by atomic mass is 19.1. The zero-order chi connectivity index (χ0) is 15.4. The van der Waals surface area contributed by atoms with Gasteiger partial charge in [0.2, 0.25) is 11.8 Å². The number of carbonyl (C=O) groups excluding carboxylic acids is 3. The molecule has 4 amide bonds. The minimum atomic E-state index is -1.14. The van der Waals surface area contributed by atoms with Gasteiger partial charge in [-0.05, 0) is 24.1 Å². The van der Waals surface area contributed by atoms with Crippen LogP contribution in [0.5, 0.6) is 0 Å². The van der Waals surface area contributed by atoms with Crippen molar-refractivity contribution in [2.24, 2.45) is 0 Å². The van der Waals surface area contributed by atoms with Gasteiger partial charge in [-0.25, -0.2) is 9.18 Å². The fourth-order valence-electron chi connectivity index (χ4n) is 2.11. The molecule has 1 unspecified atom stereocenters. The number of halogens is 1. The van der Waals surface area contributed by atoms with Crippen LogP contribution in [0.15, 0.2) is 24.3 Å². The van der Waals surface area contributed by atoms with Crippen LogP contribution in [0, 0.1) is 18.2 Å². The Balaban J connectivity index is 2.22. The number of urea groups is 1. The molecule has 0 radical (unpaired) electrons. The lowest BCUT2D eigenvalue weighted by Gasteiger charge is -2.30. The number of unbranched alkanes of at least 4 members (excludes halogenated alkanes) is 1. The zero-order valence-electron chi connectivity index (χ0n) is 11.1. The number of terminal acetylenes is 1. The third-order valence-electron chi connectivity index (χ3n) is 3.16. The van der Waals surface area contributed by atoms with Crippen LogP contribution >= 0.6 is 0 Å². The van der Waals surface area contributed by atoms with Crippen LogP contribution in [-0.4, -0.2) is 29.3 Å². The lowest BCUT2D eigenvalue weighted by atomic mass is 9.95. The van der Waals surface area contributed by atoms with Crippen LogP contribution in [-0.2, 0) is 9.59 Å². The molecule has 21 heavy (non-hydrogen) atoms. The van der Waals surface area contributed by atoms with Gasteiger partial charge in [0, 0.05) is 13.0 Å². The number of benzene rings is 1. The predicted octanol–water partition coefficient (Wildman–Crippen LogP) is 1.40. The molecule has 1 atom stereocenters. The number of nitrogens with zero attached hydrogens (tertiary/aromatic N) is 1. The summed E-state index contributed by atoms with van der Waals surface area (Å²) in [5.74, 6) is -0.518. The number of carbonyl (C=O) groups is 3. The van der Waals surface area contributed by atoms with Crippen molar-refractivity contribution < 1.29 is 18.8 Å². The number of hydrogen-bond acceptors (Lipinski definition) is 3. The fraction of sp³-hybridized carbons (Fsp3) is 0.267. The first-order valence-electron chi connectivity index (χ1n) is 6.39. The van der Waals surface area contributed by atoms with E-state index >= 15 is 0 Å². The third-order valence-corrected chi connectivity index (χ3v) is 3.16. The van der Waals surface area contributed by atoms with Gasteiger partial charge in [0.05, 0.1) is 0 Å². The normalized spacial score (nSPS) is 18.4. The van der Waals surface area contributed by atoms with Crippen molar-refractivity contribution >= 4 is 17.8 Å². The van der Waals surface area contributed by atoms with E-state index in [-0.39, 0.29) is 6.54 Å². The maximum atomic E-state index is 12.9. The largest absolute Gasteiger partial charge is 0.330 e. The maximum absolute atomic E-state index is 12.9. The summed E-state index contributed by atoms with van der Waals surface area (Å²) in [6, 6.07) is 4.28. The van der Waals surface area contributed by atoms with E-state index in [0.717, 1.165) is 17.0 Å². The lowest BCUT2D eigenvalue weighted by molar-refractivity contribution is -0.138. The SMILES string of the molecule is C#CCCCN1C(=O)NC(=O)C(c2ccc(F)cc2)C1=O. The van der Waals surface area contributed by atoms with E-state index in [2.05, 4.69) is 11.2 Å². The summed E-state index contributed by atoms with van der Waals surface area (Å²) in [6.45, 7) is 0.139. The third kappa shape index (κ3) is 3.08. The monoisotopic (exact) mass is 288 g/mol. The molecule has 1 aliphatic rings. The number of hydrogen-bond donors (Lipinski definition) is 1. The zero-order valence-corrected chi connectivity index (χ0v) is 11.1. The molecule has 1 aromatic rings. The molecule has 1 heterocycles. The van der Waals surface area contributed by atoms with Crippen LogP contribution in [0.4, 0.5) is 9.18 Å². The quantitative estimate of drug-likeness (QED) is 0.517. The molecule has 5 nitrogen and oxygen atoms in total. The minimum Gasteiger partial charge on any atom is -0.277 e. The summed E-state index contributed by atoms with van der Waals surface area (Å²) in [5, 5.41) is 2.13. The molecule has 0 bridgehead atoms. The summed E-state index contributed by atoms with van der Waals surface area (Å²) in [7, 11) is 0. The van der Waals surface area contributed by atoms with Crippen molar-refractivity contribution in [2.45, 2.75) is 18.8 Å². The Hall–Kier alpha value is -2.68. The van der Waals surface area contributed by atoms with Gasteiger partial charge in [0.15, 0.2) is 0 Å². The van der Waals surface area contributed by atoms with E-state index in [1.165, 1.54) is 12.1 Å². The van der Waals surface area contributed by atoms with Crippen LogP contribution < -0.4 is 5.32 Å². The summed E-state index contributed by atoms with van der Waals surface area (Å²) < 4.78 is 12.9. The molecular formula is C15H13FN2O3. The molecule has 1 aliphatic heterocycles. The van der Waals surface area contributed by atoms with E-state index in [9.17, 15) is 18.8 Å². The molecular weight excluding hydrogens is 275 g/mol. The standard InChI is InChI=1S/C15H13FN2O3/c1-2-3-4-9-18-14(20)12(13(19)17-15(18)21)10-5-7-11(16)8-6-10/h1,5-8,12H,3-4,9H2,(H,17,19,21). The van der Waals surface area contributed by atoms with Crippen LogP contribution in [0.1, 0.15) is 24.3 Å². The highest BCUT2D eigenvalue weighted by Crippen LogP contribution is 2.23. The maximum Gasteiger partial charge on any atom is 0.330 e. The molecule has 0 spiro atoms. The average molecular weight is 288 g/mol. The lowest BCUT2D eigenvalue weighted by Crippen LogP contribution is -2.56. The van der Waals surface area contributed by atoms with E-state index in [1.807, 2.05) is 0 Å². The second kappa shape index (κ2) is 6.18. The Bertz CT molecular complexity index is 619. The Morgan fingerprint density at radius 1 is 1.24 bits per heavy atom. The second-order valence-corrected chi connectivity index (χ2v) is 4.58. The van der Waals surface area contributed by atoms with Gasteiger partial charge in [-0.3, -0.25) is 19.8 Å². The molecule has 6 heteroatoms. The first-order valence-corrected chi connectivity index (χ1v) is 6.39. The van der Waals surface area contributed by atoms with Gasteiger partial charge < -0.3 is 0 Å². The first-order chi connectivity index (χ1) is 10.0. The fourth-order valence-corrected chi connectivity index (χ4v) is 2.11. The van der Waals surface area contributed by atoms with Gasteiger partial charge in [-0.1, -0.05) is 12.1 Å². The molecule has 108 valence electrons. The number of rotatable bonds is 4. The van der Waals surface area contributed by atoms with Crippen molar-refractivity contribution in [1.82, 2.24) is 10.2 Å². The topological polar surface area (TPSA) is 66.5 Å². The Morgan fingerprint density at radius 2 is 1.90 bits per heavy atom. The first kappa shape index (κ1) is 14.7. The number of barbiturate groups is 1. The van der Waals surface area contributed by atoms with Gasteiger partial charge in [0.25, 0.3) is 0 Å². The second-order valence-electron chi connectivity index (χ2n) is 4.58. The van der Waals surface area contributed by atoms with E-state index in [1.54, 1.807) is 0 Å². The molecule has 0 aliphatic carbocycles. The van der Waals surface area contributed by atoms with Crippen LogP contribution in [0.25, 0.3) is 0 Å².